The summed E-state index contributed by atoms with van der Waals surface area (Å²) in [5.74, 6) is 0. The number of nitrogens with zero attached hydrogens (tertiary/aromatic N) is 1. The standard InChI is InChI=1S/C13H18N2O2S2/c1-4-9(5-2)15-10-7-6-8-11(19(3,16)17)12(10)14-13(15)18/h6-9H,4-5H2,1-3H3,(H,14,18). The van der Waals surface area contributed by atoms with E-state index in [1.54, 1.807) is 12.1 Å². The van der Waals surface area contributed by atoms with Gasteiger partial charge in [-0.2, -0.15) is 0 Å². The quantitative estimate of drug-likeness (QED) is 0.879. The molecule has 0 atom stereocenters. The molecule has 1 N–H and O–H groups in total. The Labute approximate surface area is 118 Å². The van der Waals surface area contributed by atoms with Crippen LogP contribution in [0.5, 0.6) is 0 Å². The summed E-state index contributed by atoms with van der Waals surface area (Å²) in [4.78, 5) is 3.36. The molecule has 19 heavy (non-hydrogen) atoms. The highest BCUT2D eigenvalue weighted by Crippen LogP contribution is 2.27. The van der Waals surface area contributed by atoms with Crippen LogP contribution in [-0.4, -0.2) is 24.2 Å². The summed E-state index contributed by atoms with van der Waals surface area (Å²) in [6.07, 6.45) is 3.13. The van der Waals surface area contributed by atoms with E-state index >= 15 is 0 Å². The van der Waals surface area contributed by atoms with Crippen LogP contribution in [0.25, 0.3) is 11.0 Å². The molecule has 0 saturated carbocycles. The molecule has 104 valence electrons. The summed E-state index contributed by atoms with van der Waals surface area (Å²) in [6, 6.07) is 5.57. The van der Waals surface area contributed by atoms with E-state index in [-0.39, 0.29) is 6.04 Å². The molecule has 0 aliphatic rings. The van der Waals surface area contributed by atoms with Gasteiger partial charge in [0.05, 0.1) is 15.9 Å². The van der Waals surface area contributed by atoms with Gasteiger partial charge in [-0.05, 0) is 37.2 Å². The maximum Gasteiger partial charge on any atom is 0.178 e. The molecule has 1 aromatic heterocycles. The van der Waals surface area contributed by atoms with Crippen LogP contribution in [0.2, 0.25) is 0 Å². The third kappa shape index (κ3) is 2.47. The zero-order valence-corrected chi connectivity index (χ0v) is 12.9. The van der Waals surface area contributed by atoms with Crippen LogP contribution in [-0.2, 0) is 9.84 Å². The van der Waals surface area contributed by atoms with Gasteiger partial charge in [0.2, 0.25) is 0 Å². The Balaban J connectivity index is 2.84. The van der Waals surface area contributed by atoms with Crippen molar-refractivity contribution in [1.29, 1.82) is 0 Å². The van der Waals surface area contributed by atoms with Crippen LogP contribution in [0.3, 0.4) is 0 Å². The van der Waals surface area contributed by atoms with Crippen LogP contribution in [0.4, 0.5) is 0 Å². The first kappa shape index (κ1) is 14.3. The summed E-state index contributed by atoms with van der Waals surface area (Å²) >= 11 is 5.36. The van der Waals surface area contributed by atoms with Gasteiger partial charge in [0.1, 0.15) is 0 Å². The molecule has 0 unspecified atom stereocenters. The number of nitrogens with one attached hydrogen (secondary N) is 1. The average molecular weight is 298 g/mol. The lowest BCUT2D eigenvalue weighted by Crippen LogP contribution is -2.07. The van der Waals surface area contributed by atoms with Crippen molar-refractivity contribution in [3.63, 3.8) is 0 Å². The lowest BCUT2D eigenvalue weighted by Gasteiger charge is -2.15. The maximum atomic E-state index is 11.8. The minimum atomic E-state index is -3.26. The third-order valence-electron chi connectivity index (χ3n) is 3.42. The lowest BCUT2D eigenvalue weighted by atomic mass is 10.1. The number of sulfone groups is 1. The van der Waals surface area contributed by atoms with Gasteiger partial charge in [-0.3, -0.25) is 0 Å². The van der Waals surface area contributed by atoms with Gasteiger partial charge < -0.3 is 9.55 Å². The van der Waals surface area contributed by atoms with Crippen LogP contribution >= 0.6 is 12.2 Å². The molecule has 0 spiro atoms. The van der Waals surface area contributed by atoms with Crippen molar-refractivity contribution in [2.45, 2.75) is 37.6 Å². The number of hydrogen-bond acceptors (Lipinski definition) is 3. The number of H-pyrrole nitrogens is 1. The fourth-order valence-electron chi connectivity index (χ4n) is 2.45. The lowest BCUT2D eigenvalue weighted by molar-refractivity contribution is 0.478. The zero-order chi connectivity index (χ0) is 14.2. The van der Waals surface area contributed by atoms with Crippen LogP contribution in [0, 0.1) is 4.77 Å². The molecule has 4 nitrogen and oxygen atoms in total. The predicted molar refractivity (Wildman–Crippen MR) is 79.9 cm³/mol. The number of hydrogen-bond donors (Lipinski definition) is 1. The molecule has 0 aliphatic carbocycles. The van der Waals surface area contributed by atoms with Crippen LogP contribution in [0.1, 0.15) is 32.7 Å². The van der Waals surface area contributed by atoms with Gasteiger partial charge in [0.25, 0.3) is 0 Å². The van der Waals surface area contributed by atoms with Gasteiger partial charge in [0, 0.05) is 12.3 Å². The second kappa shape index (κ2) is 5.09. The van der Waals surface area contributed by atoms with Gasteiger partial charge in [-0.25, -0.2) is 8.42 Å². The van der Waals surface area contributed by atoms with E-state index in [1.165, 1.54) is 6.26 Å². The minimum Gasteiger partial charge on any atom is -0.329 e. The van der Waals surface area contributed by atoms with Crippen molar-refractivity contribution in [3.05, 3.63) is 23.0 Å². The maximum absolute atomic E-state index is 11.8. The number of fused-ring (bicyclic) bond motifs is 1. The van der Waals surface area contributed by atoms with Gasteiger partial charge >= 0.3 is 0 Å². The monoisotopic (exact) mass is 298 g/mol. The Bertz CT molecular complexity index is 753. The van der Waals surface area contributed by atoms with E-state index in [2.05, 4.69) is 18.8 Å². The highest BCUT2D eigenvalue weighted by atomic mass is 32.2. The Hall–Kier alpha value is -1.14. The first-order valence-corrected chi connectivity index (χ1v) is 8.63. The Kier molecular flexibility index (Phi) is 3.82. The Morgan fingerprint density at radius 2 is 1.95 bits per heavy atom. The van der Waals surface area contributed by atoms with Crippen LogP contribution < -0.4 is 0 Å². The number of rotatable bonds is 4. The number of imidazole rings is 1. The summed E-state index contributed by atoms with van der Waals surface area (Å²) in [5, 5.41) is 0. The van der Waals surface area contributed by atoms with E-state index in [9.17, 15) is 8.42 Å². The second-order valence-corrected chi connectivity index (χ2v) is 7.06. The third-order valence-corrected chi connectivity index (χ3v) is 4.86. The summed E-state index contributed by atoms with van der Waals surface area (Å²) < 4.78 is 26.2. The molecule has 0 aliphatic heterocycles. The Morgan fingerprint density at radius 1 is 1.32 bits per heavy atom. The number of benzene rings is 1. The first-order valence-electron chi connectivity index (χ1n) is 6.33. The molecule has 0 amide bonds. The molecule has 0 fully saturated rings. The zero-order valence-electron chi connectivity index (χ0n) is 11.3. The Morgan fingerprint density at radius 3 is 2.47 bits per heavy atom. The van der Waals surface area contributed by atoms with Crippen LogP contribution in [0.15, 0.2) is 23.1 Å². The molecule has 1 aromatic carbocycles. The summed E-state index contributed by atoms with van der Waals surface area (Å²) in [7, 11) is -3.26. The topological polar surface area (TPSA) is 54.9 Å². The molecule has 0 radical (unpaired) electrons. The molecular weight excluding hydrogens is 280 g/mol. The van der Waals surface area contributed by atoms with Gasteiger partial charge in [0.15, 0.2) is 14.6 Å². The van der Waals surface area contributed by atoms with Gasteiger partial charge in [-0.1, -0.05) is 19.9 Å². The smallest absolute Gasteiger partial charge is 0.178 e. The number of aromatic nitrogens is 2. The fraction of sp³-hybridized carbons (Fsp3) is 0.462. The predicted octanol–water partition coefficient (Wildman–Crippen LogP) is 3.46. The fourth-order valence-corrected chi connectivity index (χ4v) is 3.65. The highest BCUT2D eigenvalue weighted by molar-refractivity contribution is 7.91. The van der Waals surface area contributed by atoms with Crippen molar-refractivity contribution >= 4 is 33.1 Å². The van der Waals surface area contributed by atoms with E-state index in [0.717, 1.165) is 18.4 Å². The van der Waals surface area contributed by atoms with E-state index in [0.29, 0.717) is 15.2 Å². The number of aromatic amines is 1. The highest BCUT2D eigenvalue weighted by Gasteiger charge is 2.18. The molecular formula is C13H18N2O2S2. The second-order valence-electron chi connectivity index (χ2n) is 4.69. The largest absolute Gasteiger partial charge is 0.329 e. The molecule has 0 bridgehead atoms. The minimum absolute atomic E-state index is 0.288. The van der Waals surface area contributed by atoms with Gasteiger partial charge in [-0.15, -0.1) is 0 Å². The van der Waals surface area contributed by atoms with Crippen molar-refractivity contribution < 1.29 is 8.42 Å². The first-order chi connectivity index (χ1) is 8.90. The summed E-state index contributed by atoms with van der Waals surface area (Å²) in [6.45, 7) is 4.21. The summed E-state index contributed by atoms with van der Waals surface area (Å²) in [5.41, 5.74) is 1.48. The molecule has 1 heterocycles. The average Bonchev–Trinajstić information content (AvgIpc) is 2.66. The van der Waals surface area contributed by atoms with Crippen molar-refractivity contribution in [1.82, 2.24) is 9.55 Å². The number of para-hydroxylation sites is 1. The van der Waals surface area contributed by atoms with E-state index < -0.39 is 9.84 Å². The van der Waals surface area contributed by atoms with Crippen molar-refractivity contribution in [3.8, 4) is 0 Å². The van der Waals surface area contributed by atoms with E-state index in [4.69, 9.17) is 12.2 Å². The normalized spacial score (nSPS) is 12.4. The van der Waals surface area contributed by atoms with Crippen molar-refractivity contribution in [2.24, 2.45) is 0 Å². The molecule has 2 rings (SSSR count). The molecule has 6 heteroatoms. The van der Waals surface area contributed by atoms with E-state index in [1.807, 2.05) is 10.6 Å². The molecule has 2 aromatic rings. The molecule has 0 saturated heterocycles. The SMILES string of the molecule is CCC(CC)n1c(=S)[nH]c2c(S(C)(=O)=O)cccc21. The van der Waals surface area contributed by atoms with Crippen molar-refractivity contribution in [2.75, 3.05) is 6.26 Å².